The molecule has 0 amide bonds. The third kappa shape index (κ3) is 5.71. The van der Waals surface area contributed by atoms with Crippen LogP contribution < -0.4 is 4.74 Å². The van der Waals surface area contributed by atoms with E-state index in [1.807, 2.05) is 54.6 Å². The molecule has 0 heterocycles. The van der Waals surface area contributed by atoms with Gasteiger partial charge in [0, 0.05) is 0 Å². The van der Waals surface area contributed by atoms with Crippen LogP contribution in [0.5, 0.6) is 5.75 Å². The molecular formula is C23H21NO4. The van der Waals surface area contributed by atoms with Gasteiger partial charge in [-0.2, -0.15) is 0 Å². The molecule has 142 valence electrons. The number of hydrogen-bond donors (Lipinski definition) is 1. The molecule has 3 aromatic carbocycles. The zero-order valence-corrected chi connectivity index (χ0v) is 15.5. The van der Waals surface area contributed by atoms with Crippen molar-refractivity contribution < 1.29 is 19.5 Å². The van der Waals surface area contributed by atoms with Gasteiger partial charge >= 0.3 is 5.97 Å². The van der Waals surface area contributed by atoms with E-state index in [9.17, 15) is 4.79 Å². The second-order valence-corrected chi connectivity index (χ2v) is 6.33. The van der Waals surface area contributed by atoms with Crippen LogP contribution in [0.3, 0.4) is 0 Å². The molecule has 0 spiro atoms. The van der Waals surface area contributed by atoms with E-state index in [4.69, 9.17) is 9.84 Å². The summed E-state index contributed by atoms with van der Waals surface area (Å²) in [5, 5.41) is 12.2. The Morgan fingerprint density at radius 2 is 1.79 bits per heavy atom. The molecule has 0 aliphatic rings. The van der Waals surface area contributed by atoms with Gasteiger partial charge in [-0.05, 0) is 47.4 Å². The minimum atomic E-state index is -1.06. The Morgan fingerprint density at radius 1 is 1.00 bits per heavy atom. The van der Waals surface area contributed by atoms with Crippen LogP contribution in [0.1, 0.15) is 16.7 Å². The molecule has 0 saturated carbocycles. The molecule has 3 aromatic rings. The molecule has 0 unspecified atom stereocenters. The summed E-state index contributed by atoms with van der Waals surface area (Å²) in [4.78, 5) is 15.1. The molecule has 1 N–H and O–H groups in total. The summed E-state index contributed by atoms with van der Waals surface area (Å²) in [6.45, 7) is 2.14. The lowest BCUT2D eigenvalue weighted by Crippen LogP contribution is -2.03. The molecule has 0 saturated heterocycles. The summed E-state index contributed by atoms with van der Waals surface area (Å²) in [5.74, 6) is -0.249. The lowest BCUT2D eigenvalue weighted by molar-refractivity contribution is -0.142. The van der Waals surface area contributed by atoms with E-state index in [-0.39, 0.29) is 0 Å². The molecule has 0 bridgehead atoms. The summed E-state index contributed by atoms with van der Waals surface area (Å²) < 4.78 is 5.86. The smallest absolute Gasteiger partial charge is 0.344 e. The monoisotopic (exact) mass is 375 g/mol. The van der Waals surface area contributed by atoms with Crippen LogP contribution in [0.15, 0.2) is 78.0 Å². The van der Waals surface area contributed by atoms with Crippen molar-refractivity contribution in [1.82, 2.24) is 0 Å². The highest BCUT2D eigenvalue weighted by atomic mass is 16.6. The number of oxime groups is 1. The second kappa shape index (κ2) is 9.37. The van der Waals surface area contributed by atoms with Crippen LogP contribution >= 0.6 is 0 Å². The molecule has 3 rings (SSSR count). The minimum absolute atomic E-state index is 0.458. The summed E-state index contributed by atoms with van der Waals surface area (Å²) in [6.07, 6.45) is 1.49. The van der Waals surface area contributed by atoms with Crippen molar-refractivity contribution in [2.24, 2.45) is 5.16 Å². The summed E-state index contributed by atoms with van der Waals surface area (Å²) in [7, 11) is 0. The van der Waals surface area contributed by atoms with Crippen LogP contribution in [0.25, 0.3) is 11.1 Å². The zero-order chi connectivity index (χ0) is 19.8. The van der Waals surface area contributed by atoms with Gasteiger partial charge in [0.15, 0.2) is 0 Å². The number of rotatable bonds is 8. The molecule has 0 aromatic heterocycles. The van der Waals surface area contributed by atoms with Crippen LogP contribution in [-0.4, -0.2) is 23.9 Å². The Kier molecular flexibility index (Phi) is 6.41. The van der Waals surface area contributed by atoms with E-state index in [2.05, 4.69) is 35.1 Å². The van der Waals surface area contributed by atoms with Gasteiger partial charge in [-0.1, -0.05) is 65.3 Å². The highest BCUT2D eigenvalue weighted by molar-refractivity contribution is 5.82. The van der Waals surface area contributed by atoms with E-state index in [1.165, 1.54) is 11.8 Å². The maximum absolute atomic E-state index is 10.4. The van der Waals surface area contributed by atoms with E-state index in [1.54, 1.807) is 0 Å². The number of hydrogen-bond acceptors (Lipinski definition) is 4. The lowest BCUT2D eigenvalue weighted by Gasteiger charge is -2.08. The average Bonchev–Trinajstić information content (AvgIpc) is 2.70. The van der Waals surface area contributed by atoms with Gasteiger partial charge in [0.05, 0.1) is 6.21 Å². The van der Waals surface area contributed by atoms with E-state index < -0.39 is 12.6 Å². The Morgan fingerprint density at radius 3 is 2.54 bits per heavy atom. The number of carboxylic acid groups (broad SMARTS) is 1. The summed E-state index contributed by atoms with van der Waals surface area (Å²) >= 11 is 0. The standard InChI is InChI=1S/C23H21NO4/c1-17-4-2-6-19(12-17)15-27-22-10-8-20(9-11-22)21-7-3-5-18(13-21)14-24-28-16-23(25)26/h2-14H,15-16H2,1H3,(H,25,26). The Hall–Kier alpha value is -3.60. The van der Waals surface area contributed by atoms with E-state index >= 15 is 0 Å². The van der Waals surface area contributed by atoms with Crippen LogP contribution in [-0.2, 0) is 16.2 Å². The number of aliphatic carboxylic acids is 1. The number of benzene rings is 3. The van der Waals surface area contributed by atoms with Crippen LogP contribution in [0, 0.1) is 6.92 Å². The molecule has 0 atom stereocenters. The van der Waals surface area contributed by atoms with Gasteiger partial charge in [-0.15, -0.1) is 0 Å². The van der Waals surface area contributed by atoms with Crippen molar-refractivity contribution in [3.05, 3.63) is 89.5 Å². The third-order valence-corrected chi connectivity index (χ3v) is 4.03. The van der Waals surface area contributed by atoms with Gasteiger partial charge in [0.1, 0.15) is 12.4 Å². The molecular weight excluding hydrogens is 354 g/mol. The maximum Gasteiger partial charge on any atom is 0.344 e. The van der Waals surface area contributed by atoms with Gasteiger partial charge in [-0.25, -0.2) is 4.79 Å². The fraction of sp³-hybridized carbons (Fsp3) is 0.130. The normalized spacial score (nSPS) is 10.8. The first-order chi connectivity index (χ1) is 13.6. The first-order valence-corrected chi connectivity index (χ1v) is 8.86. The fourth-order valence-electron chi connectivity index (χ4n) is 2.70. The fourth-order valence-corrected chi connectivity index (χ4v) is 2.70. The quantitative estimate of drug-likeness (QED) is 0.459. The second-order valence-electron chi connectivity index (χ2n) is 6.33. The number of aryl methyl sites for hydroxylation is 1. The van der Waals surface area contributed by atoms with E-state index in [0.717, 1.165) is 28.0 Å². The molecule has 0 aliphatic carbocycles. The minimum Gasteiger partial charge on any atom is -0.489 e. The van der Waals surface area contributed by atoms with Crippen molar-refractivity contribution >= 4 is 12.2 Å². The molecule has 0 aliphatic heterocycles. The molecule has 28 heavy (non-hydrogen) atoms. The summed E-state index contributed by atoms with van der Waals surface area (Å²) in [6, 6.07) is 23.9. The maximum atomic E-state index is 10.4. The van der Waals surface area contributed by atoms with Gasteiger partial charge < -0.3 is 14.7 Å². The van der Waals surface area contributed by atoms with Gasteiger partial charge in [0.2, 0.25) is 6.61 Å². The van der Waals surface area contributed by atoms with Crippen molar-refractivity contribution in [3.63, 3.8) is 0 Å². The predicted molar refractivity (Wildman–Crippen MR) is 109 cm³/mol. The Labute approximate surface area is 163 Å². The largest absolute Gasteiger partial charge is 0.489 e. The topological polar surface area (TPSA) is 68.1 Å². The van der Waals surface area contributed by atoms with Crippen LogP contribution in [0.2, 0.25) is 0 Å². The zero-order valence-electron chi connectivity index (χ0n) is 15.5. The van der Waals surface area contributed by atoms with Crippen LogP contribution in [0.4, 0.5) is 0 Å². The average molecular weight is 375 g/mol. The van der Waals surface area contributed by atoms with Crippen molar-refractivity contribution in [1.29, 1.82) is 0 Å². The predicted octanol–water partition coefficient (Wildman–Crippen LogP) is 4.68. The van der Waals surface area contributed by atoms with Crippen molar-refractivity contribution in [3.8, 4) is 16.9 Å². The molecule has 5 heteroatoms. The third-order valence-electron chi connectivity index (χ3n) is 4.03. The molecule has 5 nitrogen and oxygen atoms in total. The molecule has 0 radical (unpaired) electrons. The SMILES string of the molecule is Cc1cccc(COc2ccc(-c3cccc(C=NOCC(=O)O)c3)cc2)c1. The highest BCUT2D eigenvalue weighted by Crippen LogP contribution is 2.23. The number of ether oxygens (including phenoxy) is 1. The first-order valence-electron chi connectivity index (χ1n) is 8.86. The van der Waals surface area contributed by atoms with Crippen molar-refractivity contribution in [2.45, 2.75) is 13.5 Å². The van der Waals surface area contributed by atoms with Gasteiger partial charge in [0.25, 0.3) is 0 Å². The first kappa shape index (κ1) is 19.2. The number of nitrogens with zero attached hydrogens (tertiary/aromatic N) is 1. The van der Waals surface area contributed by atoms with E-state index in [0.29, 0.717) is 6.61 Å². The highest BCUT2D eigenvalue weighted by Gasteiger charge is 2.01. The Bertz CT molecular complexity index is 964. The lowest BCUT2D eigenvalue weighted by atomic mass is 10.0. The van der Waals surface area contributed by atoms with Crippen molar-refractivity contribution in [2.75, 3.05) is 6.61 Å². The Balaban J connectivity index is 1.63. The number of carbonyl (C=O) groups is 1. The number of carboxylic acids is 1. The molecule has 0 fully saturated rings. The summed E-state index contributed by atoms with van der Waals surface area (Å²) in [5.41, 5.74) is 5.24. The van der Waals surface area contributed by atoms with Gasteiger partial charge in [-0.3, -0.25) is 0 Å².